The monoisotopic (exact) mass is 388 g/mol. The molecule has 0 bridgehead atoms. The van der Waals surface area contributed by atoms with Crippen molar-refractivity contribution in [3.05, 3.63) is 52.5 Å². The maximum absolute atomic E-state index is 13.5. The van der Waals surface area contributed by atoms with E-state index in [4.69, 9.17) is 26.4 Å². The molecule has 0 aliphatic rings. The minimum Gasteiger partial charge on any atom is -0.493 e. The number of nitrogens with zero attached hydrogens (tertiary/aromatic N) is 3. The first-order valence-electron chi connectivity index (χ1n) is 7.85. The normalized spacial score (nSPS) is 11.0. The summed E-state index contributed by atoms with van der Waals surface area (Å²) in [5.41, 5.74) is 1.24. The SMILES string of the molecule is COc1cc(/C=N\n2c(-c3cccc(F)c3)n[nH]c2=S)cc(OC)c1OC. The van der Waals surface area contributed by atoms with Crippen LogP contribution in [0.5, 0.6) is 17.2 Å². The first-order chi connectivity index (χ1) is 13.1. The lowest BCUT2D eigenvalue weighted by Crippen LogP contribution is -1.98. The molecule has 0 aliphatic carbocycles. The van der Waals surface area contributed by atoms with Crippen molar-refractivity contribution in [2.45, 2.75) is 0 Å². The van der Waals surface area contributed by atoms with E-state index in [1.54, 1.807) is 30.5 Å². The van der Waals surface area contributed by atoms with Crippen molar-refractivity contribution in [3.8, 4) is 28.6 Å². The topological polar surface area (TPSA) is 73.7 Å². The van der Waals surface area contributed by atoms with E-state index in [1.807, 2.05) is 0 Å². The van der Waals surface area contributed by atoms with Crippen LogP contribution in [-0.4, -0.2) is 42.4 Å². The molecule has 1 heterocycles. The Balaban J connectivity index is 2.03. The molecular formula is C18H17FN4O3S. The summed E-state index contributed by atoms with van der Waals surface area (Å²) in [5, 5.41) is 11.2. The van der Waals surface area contributed by atoms with E-state index >= 15 is 0 Å². The van der Waals surface area contributed by atoms with Crippen LogP contribution in [0.15, 0.2) is 41.5 Å². The number of nitrogens with one attached hydrogen (secondary N) is 1. The van der Waals surface area contributed by atoms with Crippen LogP contribution in [0.4, 0.5) is 4.39 Å². The zero-order valence-corrected chi connectivity index (χ0v) is 15.7. The van der Waals surface area contributed by atoms with Crippen LogP contribution in [0.1, 0.15) is 5.56 Å². The van der Waals surface area contributed by atoms with Crippen molar-refractivity contribution >= 4 is 18.4 Å². The average Bonchev–Trinajstić information content (AvgIpc) is 3.05. The maximum Gasteiger partial charge on any atom is 0.216 e. The lowest BCUT2D eigenvalue weighted by molar-refractivity contribution is 0.324. The number of methoxy groups -OCH3 is 3. The standard InChI is InChI=1S/C18H17FN4O3S/c1-24-14-7-11(8-15(25-2)16(14)26-3)10-20-23-17(21-22-18(23)27)12-5-4-6-13(19)9-12/h4-10H,1-3H3,(H,22,27)/b20-10-. The molecule has 27 heavy (non-hydrogen) atoms. The fourth-order valence-electron chi connectivity index (χ4n) is 2.51. The molecule has 0 radical (unpaired) electrons. The molecule has 1 N–H and O–H groups in total. The molecule has 1 aromatic heterocycles. The van der Waals surface area contributed by atoms with Gasteiger partial charge >= 0.3 is 0 Å². The summed E-state index contributed by atoms with van der Waals surface area (Å²) in [4.78, 5) is 0. The smallest absolute Gasteiger partial charge is 0.216 e. The van der Waals surface area contributed by atoms with Gasteiger partial charge in [0.25, 0.3) is 0 Å². The van der Waals surface area contributed by atoms with Crippen LogP contribution in [0.3, 0.4) is 0 Å². The summed E-state index contributed by atoms with van der Waals surface area (Å²) in [6.07, 6.45) is 1.57. The number of aromatic amines is 1. The van der Waals surface area contributed by atoms with Crippen LogP contribution < -0.4 is 14.2 Å². The Morgan fingerprint density at radius 3 is 2.41 bits per heavy atom. The van der Waals surface area contributed by atoms with Gasteiger partial charge in [0.05, 0.1) is 27.5 Å². The minimum atomic E-state index is -0.374. The van der Waals surface area contributed by atoms with Crippen molar-refractivity contribution in [3.63, 3.8) is 0 Å². The summed E-state index contributed by atoms with van der Waals surface area (Å²) in [7, 11) is 4.60. The number of aromatic nitrogens is 3. The summed E-state index contributed by atoms with van der Waals surface area (Å²) < 4.78 is 31.2. The predicted molar refractivity (Wildman–Crippen MR) is 102 cm³/mol. The van der Waals surface area contributed by atoms with Gasteiger partial charge in [-0.2, -0.15) is 14.9 Å². The number of benzene rings is 2. The molecule has 0 atom stereocenters. The third kappa shape index (κ3) is 3.82. The van der Waals surface area contributed by atoms with E-state index in [0.717, 1.165) is 0 Å². The van der Waals surface area contributed by atoms with Crippen molar-refractivity contribution in [1.82, 2.24) is 14.9 Å². The number of ether oxygens (including phenoxy) is 3. The van der Waals surface area contributed by atoms with Crippen LogP contribution in [0, 0.1) is 10.6 Å². The zero-order chi connectivity index (χ0) is 19.4. The molecule has 0 fully saturated rings. The molecule has 140 valence electrons. The molecule has 0 amide bonds. The van der Waals surface area contributed by atoms with E-state index in [-0.39, 0.29) is 10.6 Å². The Hall–Kier alpha value is -3.20. The Labute approximate surface area is 160 Å². The highest BCUT2D eigenvalue weighted by atomic mass is 32.1. The van der Waals surface area contributed by atoms with E-state index in [2.05, 4.69) is 15.3 Å². The Kier molecular flexibility index (Phi) is 5.51. The van der Waals surface area contributed by atoms with Gasteiger partial charge in [-0.15, -0.1) is 0 Å². The van der Waals surface area contributed by atoms with Crippen molar-refractivity contribution < 1.29 is 18.6 Å². The Morgan fingerprint density at radius 1 is 1.11 bits per heavy atom. The van der Waals surface area contributed by atoms with Gasteiger partial charge in [-0.1, -0.05) is 12.1 Å². The number of halogens is 1. The first kappa shape index (κ1) is 18.6. The van der Waals surface area contributed by atoms with E-state index in [9.17, 15) is 4.39 Å². The van der Waals surface area contributed by atoms with Gasteiger partial charge < -0.3 is 14.2 Å². The van der Waals surface area contributed by atoms with Crippen molar-refractivity contribution in [2.75, 3.05) is 21.3 Å². The molecular weight excluding hydrogens is 371 g/mol. The second-order valence-corrected chi connectivity index (χ2v) is 5.76. The van der Waals surface area contributed by atoms with Crippen molar-refractivity contribution in [1.29, 1.82) is 0 Å². The minimum absolute atomic E-state index is 0.276. The largest absolute Gasteiger partial charge is 0.493 e. The van der Waals surface area contributed by atoms with E-state index in [1.165, 1.54) is 38.1 Å². The Bertz CT molecular complexity index is 1020. The zero-order valence-electron chi connectivity index (χ0n) is 14.9. The maximum atomic E-state index is 13.5. The number of hydrogen-bond donors (Lipinski definition) is 1. The molecule has 0 aliphatic heterocycles. The fraction of sp³-hybridized carbons (Fsp3) is 0.167. The van der Waals surface area contributed by atoms with E-state index in [0.29, 0.717) is 34.2 Å². The molecule has 0 unspecified atom stereocenters. The van der Waals surface area contributed by atoms with Gasteiger partial charge in [-0.25, -0.2) is 9.49 Å². The lowest BCUT2D eigenvalue weighted by Gasteiger charge is -2.12. The summed E-state index contributed by atoms with van der Waals surface area (Å²) in [5.74, 6) is 1.50. The molecule has 0 saturated heterocycles. The highest BCUT2D eigenvalue weighted by Crippen LogP contribution is 2.37. The van der Waals surface area contributed by atoms with Gasteiger partial charge in [0.15, 0.2) is 17.3 Å². The highest BCUT2D eigenvalue weighted by molar-refractivity contribution is 7.71. The molecule has 0 spiro atoms. The van der Waals surface area contributed by atoms with E-state index < -0.39 is 0 Å². The van der Waals surface area contributed by atoms with Gasteiger partial charge in [0.1, 0.15) is 5.82 Å². The molecule has 9 heteroatoms. The van der Waals surface area contributed by atoms with Gasteiger partial charge in [0, 0.05) is 11.1 Å². The van der Waals surface area contributed by atoms with Crippen LogP contribution in [0.2, 0.25) is 0 Å². The number of H-pyrrole nitrogens is 1. The predicted octanol–water partition coefficient (Wildman–Crippen LogP) is 3.65. The number of hydrogen-bond acceptors (Lipinski definition) is 6. The fourth-order valence-corrected chi connectivity index (χ4v) is 2.69. The quantitative estimate of drug-likeness (QED) is 0.515. The average molecular weight is 388 g/mol. The third-order valence-corrected chi connectivity index (χ3v) is 4.01. The molecule has 3 rings (SSSR count). The summed E-state index contributed by atoms with van der Waals surface area (Å²) in [6.45, 7) is 0. The number of rotatable bonds is 6. The molecule has 3 aromatic rings. The molecule has 0 saturated carbocycles. The van der Waals surface area contributed by atoms with Gasteiger partial charge in [-0.3, -0.25) is 0 Å². The Morgan fingerprint density at radius 2 is 1.81 bits per heavy atom. The van der Waals surface area contributed by atoms with Crippen molar-refractivity contribution in [2.24, 2.45) is 5.10 Å². The lowest BCUT2D eigenvalue weighted by atomic mass is 10.2. The van der Waals surface area contributed by atoms with Gasteiger partial charge in [-0.05, 0) is 36.5 Å². The second kappa shape index (κ2) is 8.00. The molecule has 7 nitrogen and oxygen atoms in total. The second-order valence-electron chi connectivity index (χ2n) is 5.38. The van der Waals surface area contributed by atoms with Gasteiger partial charge in [0.2, 0.25) is 10.5 Å². The molecule has 2 aromatic carbocycles. The first-order valence-corrected chi connectivity index (χ1v) is 8.26. The van der Waals surface area contributed by atoms with Crippen LogP contribution >= 0.6 is 12.2 Å². The van der Waals surface area contributed by atoms with Crippen LogP contribution in [-0.2, 0) is 0 Å². The third-order valence-electron chi connectivity index (χ3n) is 3.74. The summed E-state index contributed by atoms with van der Waals surface area (Å²) in [6, 6.07) is 9.52. The summed E-state index contributed by atoms with van der Waals surface area (Å²) >= 11 is 5.23. The highest BCUT2D eigenvalue weighted by Gasteiger charge is 2.13. The van der Waals surface area contributed by atoms with Crippen LogP contribution in [0.25, 0.3) is 11.4 Å².